The van der Waals surface area contributed by atoms with Crippen molar-refractivity contribution in [3.05, 3.63) is 17.5 Å². The highest BCUT2D eigenvalue weighted by molar-refractivity contribution is 5.78. The van der Waals surface area contributed by atoms with Crippen LogP contribution in [-0.2, 0) is 11.2 Å². The fourth-order valence-electron chi connectivity index (χ4n) is 2.03. The molecule has 1 atom stereocenters. The monoisotopic (exact) mass is 222 g/mol. The standard InChI is InChI=1S/C11H18N4O/c1-8-5-10(14-13-8)6-11(16)15-4-3-12-7-9(15)2/h5,9,12H,3-4,6-7H2,1-2H3,(H,13,14). The molecule has 0 saturated carbocycles. The molecule has 1 fully saturated rings. The normalized spacial score (nSPS) is 21.1. The van der Waals surface area contributed by atoms with Crippen molar-refractivity contribution >= 4 is 5.91 Å². The van der Waals surface area contributed by atoms with Crippen LogP contribution in [0.15, 0.2) is 6.07 Å². The Labute approximate surface area is 95.2 Å². The molecule has 88 valence electrons. The molecule has 0 spiro atoms. The van der Waals surface area contributed by atoms with E-state index in [9.17, 15) is 4.79 Å². The van der Waals surface area contributed by atoms with Crippen LogP contribution in [0.2, 0.25) is 0 Å². The van der Waals surface area contributed by atoms with Gasteiger partial charge in [-0.25, -0.2) is 0 Å². The van der Waals surface area contributed by atoms with E-state index in [1.54, 1.807) is 0 Å². The maximum Gasteiger partial charge on any atom is 0.228 e. The Morgan fingerprint density at radius 1 is 1.69 bits per heavy atom. The Balaban J connectivity index is 1.96. The van der Waals surface area contributed by atoms with Gasteiger partial charge >= 0.3 is 0 Å². The number of carbonyl (C=O) groups excluding carboxylic acids is 1. The first kappa shape index (κ1) is 11.1. The van der Waals surface area contributed by atoms with E-state index in [0.717, 1.165) is 31.0 Å². The molecule has 0 bridgehead atoms. The first-order valence-electron chi connectivity index (χ1n) is 5.68. The minimum absolute atomic E-state index is 0.167. The Morgan fingerprint density at radius 2 is 2.50 bits per heavy atom. The number of carbonyl (C=O) groups is 1. The number of rotatable bonds is 2. The van der Waals surface area contributed by atoms with Crippen LogP contribution in [0.4, 0.5) is 0 Å². The minimum Gasteiger partial charge on any atom is -0.337 e. The van der Waals surface area contributed by atoms with Gasteiger partial charge in [0.25, 0.3) is 0 Å². The largest absolute Gasteiger partial charge is 0.337 e. The molecule has 1 amide bonds. The van der Waals surface area contributed by atoms with Gasteiger partial charge in [0.05, 0.1) is 12.1 Å². The van der Waals surface area contributed by atoms with E-state index in [2.05, 4.69) is 22.4 Å². The van der Waals surface area contributed by atoms with Crippen LogP contribution >= 0.6 is 0 Å². The highest BCUT2D eigenvalue weighted by atomic mass is 16.2. The van der Waals surface area contributed by atoms with Crippen LogP contribution < -0.4 is 5.32 Å². The molecule has 16 heavy (non-hydrogen) atoms. The summed E-state index contributed by atoms with van der Waals surface area (Å²) in [6.45, 7) is 6.57. The zero-order chi connectivity index (χ0) is 11.5. The van der Waals surface area contributed by atoms with E-state index < -0.39 is 0 Å². The highest BCUT2D eigenvalue weighted by Gasteiger charge is 2.23. The molecular weight excluding hydrogens is 204 g/mol. The summed E-state index contributed by atoms with van der Waals surface area (Å²) in [4.78, 5) is 14.0. The second-order valence-electron chi connectivity index (χ2n) is 4.36. The second-order valence-corrected chi connectivity index (χ2v) is 4.36. The average Bonchev–Trinajstić information content (AvgIpc) is 2.64. The van der Waals surface area contributed by atoms with Crippen LogP contribution in [0.25, 0.3) is 0 Å². The minimum atomic E-state index is 0.167. The molecule has 5 nitrogen and oxygen atoms in total. The van der Waals surface area contributed by atoms with Gasteiger partial charge in [-0.1, -0.05) is 0 Å². The van der Waals surface area contributed by atoms with Crippen molar-refractivity contribution in [1.29, 1.82) is 0 Å². The van der Waals surface area contributed by atoms with E-state index in [-0.39, 0.29) is 11.9 Å². The van der Waals surface area contributed by atoms with Crippen molar-refractivity contribution in [3.63, 3.8) is 0 Å². The number of aryl methyl sites for hydroxylation is 1. The Morgan fingerprint density at radius 3 is 3.12 bits per heavy atom. The zero-order valence-electron chi connectivity index (χ0n) is 9.79. The number of hydrogen-bond donors (Lipinski definition) is 2. The van der Waals surface area contributed by atoms with E-state index in [1.165, 1.54) is 0 Å². The fourth-order valence-corrected chi connectivity index (χ4v) is 2.03. The van der Waals surface area contributed by atoms with Crippen LogP contribution in [0.1, 0.15) is 18.3 Å². The summed E-state index contributed by atoms with van der Waals surface area (Å²) in [5.74, 6) is 0.167. The van der Waals surface area contributed by atoms with Gasteiger partial charge in [0.15, 0.2) is 0 Å². The lowest BCUT2D eigenvalue weighted by atomic mass is 10.2. The van der Waals surface area contributed by atoms with Crippen molar-refractivity contribution in [3.8, 4) is 0 Å². The summed E-state index contributed by atoms with van der Waals surface area (Å²) in [6.07, 6.45) is 0.397. The van der Waals surface area contributed by atoms with Crippen LogP contribution in [-0.4, -0.2) is 46.7 Å². The number of aromatic amines is 1. The summed E-state index contributed by atoms with van der Waals surface area (Å²) >= 11 is 0. The fraction of sp³-hybridized carbons (Fsp3) is 0.636. The molecule has 1 aromatic heterocycles. The molecule has 2 rings (SSSR count). The number of aromatic nitrogens is 2. The molecule has 1 aliphatic rings. The van der Waals surface area contributed by atoms with Crippen molar-refractivity contribution in [1.82, 2.24) is 20.4 Å². The quantitative estimate of drug-likeness (QED) is 0.745. The Bertz CT molecular complexity index is 374. The zero-order valence-corrected chi connectivity index (χ0v) is 9.79. The number of nitrogens with zero attached hydrogens (tertiary/aromatic N) is 2. The molecular formula is C11H18N4O. The van der Waals surface area contributed by atoms with Crippen LogP contribution in [0.3, 0.4) is 0 Å². The third kappa shape index (κ3) is 2.41. The smallest absolute Gasteiger partial charge is 0.228 e. The number of H-pyrrole nitrogens is 1. The van der Waals surface area contributed by atoms with Crippen LogP contribution in [0, 0.1) is 6.92 Å². The summed E-state index contributed by atoms with van der Waals surface area (Å²) in [6, 6.07) is 2.20. The molecule has 1 aliphatic heterocycles. The Kier molecular flexibility index (Phi) is 3.24. The third-order valence-corrected chi connectivity index (χ3v) is 2.91. The van der Waals surface area contributed by atoms with E-state index in [1.807, 2.05) is 17.9 Å². The van der Waals surface area contributed by atoms with Gasteiger partial charge in [-0.05, 0) is 19.9 Å². The first-order chi connectivity index (χ1) is 7.66. The van der Waals surface area contributed by atoms with Gasteiger partial charge in [-0.2, -0.15) is 5.10 Å². The molecule has 2 heterocycles. The topological polar surface area (TPSA) is 61.0 Å². The van der Waals surface area contributed by atoms with Crippen molar-refractivity contribution in [2.75, 3.05) is 19.6 Å². The van der Waals surface area contributed by atoms with Gasteiger partial charge in [-0.3, -0.25) is 9.89 Å². The Hall–Kier alpha value is -1.36. The van der Waals surface area contributed by atoms with Gasteiger partial charge in [0.1, 0.15) is 0 Å². The average molecular weight is 222 g/mol. The molecule has 0 radical (unpaired) electrons. The molecule has 1 saturated heterocycles. The molecule has 0 aliphatic carbocycles. The molecule has 1 aromatic rings. The van der Waals surface area contributed by atoms with Gasteiger partial charge in [0.2, 0.25) is 5.91 Å². The number of amides is 1. The van der Waals surface area contributed by atoms with Gasteiger partial charge < -0.3 is 10.2 Å². The summed E-state index contributed by atoms with van der Waals surface area (Å²) < 4.78 is 0. The SMILES string of the molecule is Cc1cc(CC(=O)N2CCNCC2C)n[nH]1. The van der Waals surface area contributed by atoms with E-state index in [0.29, 0.717) is 6.42 Å². The third-order valence-electron chi connectivity index (χ3n) is 2.91. The number of nitrogens with one attached hydrogen (secondary N) is 2. The lowest BCUT2D eigenvalue weighted by Gasteiger charge is -2.33. The number of piperazine rings is 1. The van der Waals surface area contributed by atoms with Crippen molar-refractivity contribution in [2.45, 2.75) is 26.3 Å². The van der Waals surface area contributed by atoms with Gasteiger partial charge in [-0.15, -0.1) is 0 Å². The van der Waals surface area contributed by atoms with E-state index in [4.69, 9.17) is 0 Å². The summed E-state index contributed by atoms with van der Waals surface area (Å²) in [5.41, 5.74) is 1.82. The predicted molar refractivity (Wildman–Crippen MR) is 61.1 cm³/mol. The lowest BCUT2D eigenvalue weighted by Crippen LogP contribution is -2.52. The summed E-state index contributed by atoms with van der Waals surface area (Å²) in [5, 5.41) is 10.2. The van der Waals surface area contributed by atoms with Crippen molar-refractivity contribution < 1.29 is 4.79 Å². The number of hydrogen-bond acceptors (Lipinski definition) is 3. The lowest BCUT2D eigenvalue weighted by molar-refractivity contribution is -0.133. The second kappa shape index (κ2) is 4.65. The van der Waals surface area contributed by atoms with Gasteiger partial charge in [0, 0.05) is 31.4 Å². The van der Waals surface area contributed by atoms with Crippen molar-refractivity contribution in [2.24, 2.45) is 0 Å². The van der Waals surface area contributed by atoms with E-state index >= 15 is 0 Å². The summed E-state index contributed by atoms with van der Waals surface area (Å²) in [7, 11) is 0. The molecule has 0 aromatic carbocycles. The molecule has 1 unspecified atom stereocenters. The molecule has 2 N–H and O–H groups in total. The molecule has 5 heteroatoms. The predicted octanol–water partition coefficient (Wildman–Crippen LogP) is 0.0809. The maximum absolute atomic E-state index is 12.0. The van der Waals surface area contributed by atoms with Crippen LogP contribution in [0.5, 0.6) is 0 Å². The maximum atomic E-state index is 12.0. The first-order valence-corrected chi connectivity index (χ1v) is 5.68. The highest BCUT2D eigenvalue weighted by Crippen LogP contribution is 2.07.